The Balaban J connectivity index is 1.94. The van der Waals surface area contributed by atoms with Gasteiger partial charge < -0.3 is 4.48 Å². The Morgan fingerprint density at radius 3 is 1.50 bits per heavy atom. The van der Waals surface area contributed by atoms with Gasteiger partial charge in [0.15, 0.2) is 34.9 Å². The van der Waals surface area contributed by atoms with Crippen molar-refractivity contribution in [3.05, 3.63) is 46.3 Å². The lowest BCUT2D eigenvalue weighted by Crippen LogP contribution is -2.66. The molecule has 9 heteroatoms. The van der Waals surface area contributed by atoms with Gasteiger partial charge in [0.1, 0.15) is 12.4 Å². The molecule has 0 N–H and O–H groups in total. The van der Waals surface area contributed by atoms with Gasteiger partial charge in [0.05, 0.1) is 36.0 Å². The molecule has 3 heterocycles. The molecule has 26 heavy (non-hydrogen) atoms. The third-order valence-corrected chi connectivity index (χ3v) is 5.59. The van der Waals surface area contributed by atoms with E-state index >= 15 is 0 Å². The van der Waals surface area contributed by atoms with Gasteiger partial charge in [-0.05, 0) is 0 Å². The average molecular weight is 379 g/mol. The SMILES string of the molecule is Fc1c(F)c(F)c2c(F)c(C[N+]34CCN(CC3)CC4)c(F)c(F)c2c1F. The predicted molar refractivity (Wildman–Crippen MR) is 78.7 cm³/mol. The summed E-state index contributed by atoms with van der Waals surface area (Å²) in [5.74, 6) is -14.0. The summed E-state index contributed by atoms with van der Waals surface area (Å²) < 4.78 is 98.6. The van der Waals surface area contributed by atoms with Crippen LogP contribution in [0.15, 0.2) is 0 Å². The molecule has 0 unspecified atom stereocenters. The summed E-state index contributed by atoms with van der Waals surface area (Å²) in [4.78, 5) is 2.18. The van der Waals surface area contributed by atoms with Crippen LogP contribution in [0.3, 0.4) is 0 Å². The van der Waals surface area contributed by atoms with Gasteiger partial charge in [0, 0.05) is 19.6 Å². The Bertz CT molecular complexity index is 906. The maximum Gasteiger partial charge on any atom is 0.198 e. The second-order valence-electron chi connectivity index (χ2n) is 6.94. The highest BCUT2D eigenvalue weighted by atomic mass is 19.2. The lowest BCUT2D eigenvalue weighted by Gasteiger charge is -2.50. The third kappa shape index (κ3) is 2.33. The fraction of sp³-hybridized carbons (Fsp3) is 0.412. The van der Waals surface area contributed by atoms with E-state index in [1.54, 1.807) is 0 Å². The summed E-state index contributed by atoms with van der Waals surface area (Å²) in [6.07, 6.45) is 0. The van der Waals surface area contributed by atoms with E-state index in [1.165, 1.54) is 0 Å². The Morgan fingerprint density at radius 1 is 0.577 bits per heavy atom. The quantitative estimate of drug-likeness (QED) is 0.334. The number of fused-ring (bicyclic) bond motifs is 4. The first-order valence-corrected chi connectivity index (χ1v) is 8.14. The van der Waals surface area contributed by atoms with Crippen molar-refractivity contribution in [2.75, 3.05) is 39.3 Å². The Kier molecular flexibility index (Phi) is 3.92. The van der Waals surface area contributed by atoms with E-state index in [-0.39, 0.29) is 11.0 Å². The van der Waals surface area contributed by atoms with E-state index in [2.05, 4.69) is 4.90 Å². The Hall–Kier alpha value is -1.87. The zero-order chi connectivity index (χ0) is 18.8. The molecule has 0 radical (unpaired) electrons. The minimum absolute atomic E-state index is 0.265. The highest BCUT2D eigenvalue weighted by Crippen LogP contribution is 2.36. The molecule has 2 nitrogen and oxygen atoms in total. The van der Waals surface area contributed by atoms with Crippen LogP contribution in [0.1, 0.15) is 5.56 Å². The highest BCUT2D eigenvalue weighted by Gasteiger charge is 2.41. The van der Waals surface area contributed by atoms with Gasteiger partial charge in [-0.2, -0.15) is 0 Å². The molecular weight excluding hydrogens is 365 g/mol. The molecule has 3 aliphatic rings. The number of halogens is 7. The summed E-state index contributed by atoms with van der Waals surface area (Å²) in [5.41, 5.74) is -0.769. The summed E-state index contributed by atoms with van der Waals surface area (Å²) in [6.45, 7) is 3.60. The van der Waals surface area contributed by atoms with E-state index in [9.17, 15) is 30.7 Å². The van der Waals surface area contributed by atoms with E-state index in [4.69, 9.17) is 0 Å². The topological polar surface area (TPSA) is 3.24 Å². The molecule has 2 bridgehead atoms. The van der Waals surface area contributed by atoms with Crippen LogP contribution in [-0.2, 0) is 6.54 Å². The number of hydrogen-bond donors (Lipinski definition) is 0. The summed E-state index contributed by atoms with van der Waals surface area (Å²) in [7, 11) is 0. The minimum atomic E-state index is -2.31. The van der Waals surface area contributed by atoms with E-state index in [0.717, 1.165) is 0 Å². The summed E-state index contributed by atoms with van der Waals surface area (Å²) in [6, 6.07) is 0. The van der Waals surface area contributed by atoms with Gasteiger partial charge in [-0.3, -0.25) is 4.90 Å². The maximum absolute atomic E-state index is 14.8. The summed E-state index contributed by atoms with van der Waals surface area (Å²) in [5, 5.41) is -2.95. The molecule has 3 aliphatic heterocycles. The van der Waals surface area contributed by atoms with Gasteiger partial charge in [-0.1, -0.05) is 0 Å². The molecule has 140 valence electrons. The molecule has 0 spiro atoms. The fourth-order valence-corrected chi connectivity index (χ4v) is 3.98. The second kappa shape index (κ2) is 5.82. The smallest absolute Gasteiger partial charge is 0.198 e. The fourth-order valence-electron chi connectivity index (χ4n) is 3.98. The zero-order valence-corrected chi connectivity index (χ0v) is 13.5. The molecule has 0 atom stereocenters. The molecule has 0 amide bonds. The average Bonchev–Trinajstić information content (AvgIpc) is 2.66. The first kappa shape index (κ1) is 17.5. The van der Waals surface area contributed by atoms with Crippen molar-refractivity contribution in [1.29, 1.82) is 0 Å². The monoisotopic (exact) mass is 379 g/mol. The third-order valence-electron chi connectivity index (χ3n) is 5.59. The van der Waals surface area contributed by atoms with Crippen LogP contribution >= 0.6 is 0 Å². The Morgan fingerprint density at radius 2 is 1.00 bits per heavy atom. The van der Waals surface area contributed by atoms with Crippen molar-refractivity contribution in [2.24, 2.45) is 0 Å². The number of benzene rings is 2. The lowest BCUT2D eigenvalue weighted by atomic mass is 10.0. The van der Waals surface area contributed by atoms with Crippen LogP contribution in [-0.4, -0.2) is 48.7 Å². The molecular formula is C17H14F7N2+. The molecule has 3 fully saturated rings. The van der Waals surface area contributed by atoms with Crippen LogP contribution in [0.5, 0.6) is 0 Å². The first-order chi connectivity index (χ1) is 12.3. The van der Waals surface area contributed by atoms with E-state index < -0.39 is 57.1 Å². The number of nitrogens with zero attached hydrogens (tertiary/aromatic N) is 2. The number of hydrogen-bond acceptors (Lipinski definition) is 1. The van der Waals surface area contributed by atoms with Gasteiger partial charge in [-0.25, -0.2) is 30.7 Å². The van der Waals surface area contributed by atoms with Crippen LogP contribution in [0, 0.1) is 40.7 Å². The molecule has 5 rings (SSSR count). The van der Waals surface area contributed by atoms with Crippen molar-refractivity contribution in [3.63, 3.8) is 0 Å². The standard InChI is InChI=1S/C17H14F7N2/c18-11-8(7-26-4-1-25(2-5-26)3-6-26)12(19)13(20)10-9(11)14(21)16(23)17(24)15(10)22/h1-7H2/q+1. The van der Waals surface area contributed by atoms with Crippen molar-refractivity contribution < 1.29 is 35.2 Å². The van der Waals surface area contributed by atoms with Crippen molar-refractivity contribution >= 4 is 10.8 Å². The van der Waals surface area contributed by atoms with Crippen molar-refractivity contribution in [3.8, 4) is 0 Å². The first-order valence-electron chi connectivity index (χ1n) is 8.14. The van der Waals surface area contributed by atoms with Gasteiger partial charge in [0.25, 0.3) is 0 Å². The molecule has 0 saturated carbocycles. The van der Waals surface area contributed by atoms with Gasteiger partial charge >= 0.3 is 0 Å². The lowest BCUT2D eigenvalue weighted by molar-refractivity contribution is -0.953. The molecule has 0 aliphatic carbocycles. The van der Waals surface area contributed by atoms with Crippen molar-refractivity contribution in [2.45, 2.75) is 6.54 Å². The summed E-state index contributed by atoms with van der Waals surface area (Å²) >= 11 is 0. The minimum Gasteiger partial charge on any atom is -0.316 e. The molecule has 0 aromatic heterocycles. The van der Waals surface area contributed by atoms with E-state index in [1.807, 2.05) is 0 Å². The molecule has 3 saturated heterocycles. The second-order valence-corrected chi connectivity index (χ2v) is 6.94. The Labute approximate surface area is 144 Å². The van der Waals surface area contributed by atoms with Crippen molar-refractivity contribution in [1.82, 2.24) is 4.90 Å². The van der Waals surface area contributed by atoms with Gasteiger partial charge in [-0.15, -0.1) is 0 Å². The van der Waals surface area contributed by atoms with E-state index in [0.29, 0.717) is 39.3 Å². The van der Waals surface area contributed by atoms with Gasteiger partial charge in [0.2, 0.25) is 0 Å². The highest BCUT2D eigenvalue weighted by molar-refractivity contribution is 5.86. The molecule has 2 aromatic rings. The maximum atomic E-state index is 14.8. The van der Waals surface area contributed by atoms with Crippen LogP contribution in [0.25, 0.3) is 10.8 Å². The zero-order valence-electron chi connectivity index (χ0n) is 13.5. The number of piperazine rings is 3. The predicted octanol–water partition coefficient (Wildman–Crippen LogP) is 3.46. The normalized spacial score (nSPS) is 25.3. The largest absolute Gasteiger partial charge is 0.316 e. The number of rotatable bonds is 2. The van der Waals surface area contributed by atoms with Crippen LogP contribution in [0.2, 0.25) is 0 Å². The van der Waals surface area contributed by atoms with Crippen LogP contribution < -0.4 is 0 Å². The van der Waals surface area contributed by atoms with Crippen LogP contribution in [0.4, 0.5) is 30.7 Å². The molecule has 2 aromatic carbocycles. The number of quaternary nitrogens is 1.